The number of nitrogens with one attached hydrogen (secondary N) is 1. The second-order valence-electron chi connectivity index (χ2n) is 5.25. The minimum absolute atomic E-state index is 0.175. The van der Waals surface area contributed by atoms with Gasteiger partial charge in [0.15, 0.2) is 0 Å². The molecular formula is C16H22BrNO2. The first kappa shape index (κ1) is 15.5. The van der Waals surface area contributed by atoms with Crippen LogP contribution >= 0.6 is 15.9 Å². The highest BCUT2D eigenvalue weighted by Gasteiger charge is 2.13. The number of hydrogen-bond donors (Lipinski definition) is 2. The summed E-state index contributed by atoms with van der Waals surface area (Å²) in [6.07, 6.45) is 1.93. The van der Waals surface area contributed by atoms with Crippen LogP contribution in [0.3, 0.4) is 0 Å². The zero-order valence-electron chi connectivity index (χ0n) is 12.0. The van der Waals surface area contributed by atoms with Crippen LogP contribution in [0.15, 0.2) is 33.2 Å². The predicted octanol–water partition coefficient (Wildman–Crippen LogP) is 4.25. The first-order valence-corrected chi connectivity index (χ1v) is 7.96. The van der Waals surface area contributed by atoms with Crippen LogP contribution < -0.4 is 5.32 Å². The molecule has 3 nitrogen and oxygen atoms in total. The van der Waals surface area contributed by atoms with E-state index < -0.39 is 0 Å². The molecule has 0 aliphatic carbocycles. The molecule has 2 atom stereocenters. The van der Waals surface area contributed by atoms with Crippen molar-refractivity contribution in [2.45, 2.75) is 32.7 Å². The van der Waals surface area contributed by atoms with Crippen LogP contribution in [0.4, 0.5) is 0 Å². The Bertz CT molecular complexity index is 552. The number of aliphatic hydroxyl groups excluding tert-OH is 1. The number of rotatable bonds is 7. The highest BCUT2D eigenvalue weighted by atomic mass is 79.9. The fourth-order valence-electron chi connectivity index (χ4n) is 2.33. The summed E-state index contributed by atoms with van der Waals surface area (Å²) in [5.41, 5.74) is 0.916. The van der Waals surface area contributed by atoms with Crippen LogP contribution in [0.5, 0.6) is 0 Å². The number of aliphatic hydroxyl groups is 1. The van der Waals surface area contributed by atoms with Gasteiger partial charge in [-0.3, -0.25) is 0 Å². The summed E-state index contributed by atoms with van der Waals surface area (Å²) >= 11 is 3.47. The largest absolute Gasteiger partial charge is 0.459 e. The Morgan fingerprint density at radius 1 is 1.35 bits per heavy atom. The lowest BCUT2D eigenvalue weighted by Gasteiger charge is -2.17. The zero-order chi connectivity index (χ0) is 14.5. The highest BCUT2D eigenvalue weighted by Crippen LogP contribution is 2.26. The number of halogens is 1. The second kappa shape index (κ2) is 7.25. The Balaban J connectivity index is 2.01. The minimum Gasteiger partial charge on any atom is -0.459 e. The van der Waals surface area contributed by atoms with Crippen LogP contribution in [0.2, 0.25) is 0 Å². The first-order valence-electron chi connectivity index (χ1n) is 7.17. The SMILES string of the molecule is CCC(CCO)CNC(C)c1cc2cc(Br)ccc2o1. The van der Waals surface area contributed by atoms with Crippen LogP contribution in [-0.4, -0.2) is 18.3 Å². The van der Waals surface area contributed by atoms with E-state index in [9.17, 15) is 0 Å². The van der Waals surface area contributed by atoms with Crippen molar-refractivity contribution < 1.29 is 9.52 Å². The van der Waals surface area contributed by atoms with E-state index in [1.165, 1.54) is 0 Å². The Labute approximate surface area is 128 Å². The number of furan rings is 1. The molecule has 0 radical (unpaired) electrons. The van der Waals surface area contributed by atoms with Crippen LogP contribution in [0, 0.1) is 5.92 Å². The Morgan fingerprint density at radius 3 is 2.85 bits per heavy atom. The van der Waals surface area contributed by atoms with Gasteiger partial charge < -0.3 is 14.8 Å². The van der Waals surface area contributed by atoms with Gasteiger partial charge in [0.05, 0.1) is 6.04 Å². The van der Waals surface area contributed by atoms with E-state index >= 15 is 0 Å². The van der Waals surface area contributed by atoms with Crippen molar-refractivity contribution >= 4 is 26.9 Å². The number of fused-ring (bicyclic) bond motifs is 1. The summed E-state index contributed by atoms with van der Waals surface area (Å²) in [7, 11) is 0. The van der Waals surface area contributed by atoms with Crippen molar-refractivity contribution in [3.63, 3.8) is 0 Å². The van der Waals surface area contributed by atoms with Crippen molar-refractivity contribution in [3.05, 3.63) is 34.5 Å². The molecule has 2 aromatic rings. The average molecular weight is 340 g/mol. The Morgan fingerprint density at radius 2 is 2.15 bits per heavy atom. The third-order valence-electron chi connectivity index (χ3n) is 3.75. The van der Waals surface area contributed by atoms with E-state index in [-0.39, 0.29) is 12.6 Å². The molecule has 110 valence electrons. The molecule has 0 saturated carbocycles. The number of hydrogen-bond acceptors (Lipinski definition) is 3. The van der Waals surface area contributed by atoms with Crippen molar-refractivity contribution in [2.75, 3.05) is 13.2 Å². The maximum Gasteiger partial charge on any atom is 0.134 e. The second-order valence-corrected chi connectivity index (χ2v) is 6.16. The fourth-order valence-corrected chi connectivity index (χ4v) is 2.70. The molecule has 0 bridgehead atoms. The summed E-state index contributed by atoms with van der Waals surface area (Å²) in [4.78, 5) is 0. The van der Waals surface area contributed by atoms with Gasteiger partial charge in [-0.2, -0.15) is 0 Å². The van der Waals surface area contributed by atoms with Gasteiger partial charge in [-0.15, -0.1) is 0 Å². The molecule has 2 N–H and O–H groups in total. The third kappa shape index (κ3) is 3.84. The molecule has 20 heavy (non-hydrogen) atoms. The number of benzene rings is 1. The molecule has 0 spiro atoms. The lowest BCUT2D eigenvalue weighted by atomic mass is 10.0. The summed E-state index contributed by atoms with van der Waals surface area (Å²) < 4.78 is 6.94. The smallest absolute Gasteiger partial charge is 0.134 e. The van der Waals surface area contributed by atoms with Crippen molar-refractivity contribution in [1.82, 2.24) is 5.32 Å². The molecule has 0 aliphatic heterocycles. The van der Waals surface area contributed by atoms with E-state index in [2.05, 4.69) is 47.2 Å². The monoisotopic (exact) mass is 339 g/mol. The quantitative estimate of drug-likeness (QED) is 0.792. The average Bonchev–Trinajstić information content (AvgIpc) is 2.86. The maximum atomic E-state index is 9.02. The van der Waals surface area contributed by atoms with E-state index in [1.807, 2.05) is 12.1 Å². The molecule has 4 heteroatoms. The molecule has 1 aromatic heterocycles. The van der Waals surface area contributed by atoms with Crippen LogP contribution in [0.1, 0.15) is 38.5 Å². The minimum atomic E-state index is 0.175. The van der Waals surface area contributed by atoms with Gasteiger partial charge in [-0.1, -0.05) is 29.3 Å². The Kier molecular flexibility index (Phi) is 5.64. The van der Waals surface area contributed by atoms with Crippen molar-refractivity contribution in [2.24, 2.45) is 5.92 Å². The van der Waals surface area contributed by atoms with Crippen LogP contribution in [0.25, 0.3) is 11.0 Å². The van der Waals surface area contributed by atoms with E-state index in [0.29, 0.717) is 5.92 Å². The lowest BCUT2D eigenvalue weighted by Crippen LogP contribution is -2.25. The molecule has 0 aliphatic rings. The van der Waals surface area contributed by atoms with Gasteiger partial charge in [-0.25, -0.2) is 0 Å². The van der Waals surface area contributed by atoms with E-state index in [4.69, 9.17) is 9.52 Å². The van der Waals surface area contributed by atoms with Gasteiger partial charge in [0.1, 0.15) is 11.3 Å². The summed E-state index contributed by atoms with van der Waals surface area (Å²) in [5, 5.41) is 13.6. The normalized spacial score (nSPS) is 14.6. The zero-order valence-corrected chi connectivity index (χ0v) is 13.6. The van der Waals surface area contributed by atoms with Crippen LogP contribution in [-0.2, 0) is 0 Å². The van der Waals surface area contributed by atoms with Gasteiger partial charge in [0.25, 0.3) is 0 Å². The molecule has 2 unspecified atom stereocenters. The van der Waals surface area contributed by atoms with Crippen molar-refractivity contribution in [3.8, 4) is 0 Å². The van der Waals surface area contributed by atoms with E-state index in [1.54, 1.807) is 0 Å². The molecule has 0 saturated heterocycles. The molecule has 1 heterocycles. The summed E-state index contributed by atoms with van der Waals surface area (Å²) in [5.74, 6) is 1.47. The molecular weight excluding hydrogens is 318 g/mol. The maximum absolute atomic E-state index is 9.02. The molecule has 0 fully saturated rings. The first-order chi connectivity index (χ1) is 9.63. The third-order valence-corrected chi connectivity index (χ3v) is 4.24. The highest BCUT2D eigenvalue weighted by molar-refractivity contribution is 9.10. The van der Waals surface area contributed by atoms with Gasteiger partial charge in [-0.05, 0) is 50.1 Å². The van der Waals surface area contributed by atoms with Gasteiger partial charge in [0.2, 0.25) is 0 Å². The molecule has 1 aromatic carbocycles. The molecule has 2 rings (SSSR count). The fraction of sp³-hybridized carbons (Fsp3) is 0.500. The topological polar surface area (TPSA) is 45.4 Å². The Hall–Kier alpha value is -0.840. The summed E-state index contributed by atoms with van der Waals surface area (Å²) in [6.45, 7) is 5.43. The van der Waals surface area contributed by atoms with Gasteiger partial charge in [0, 0.05) is 16.5 Å². The molecule has 0 amide bonds. The van der Waals surface area contributed by atoms with Gasteiger partial charge >= 0.3 is 0 Å². The van der Waals surface area contributed by atoms with Crippen molar-refractivity contribution in [1.29, 1.82) is 0 Å². The predicted molar refractivity (Wildman–Crippen MR) is 85.8 cm³/mol. The lowest BCUT2D eigenvalue weighted by molar-refractivity contribution is 0.248. The van der Waals surface area contributed by atoms with E-state index in [0.717, 1.165) is 40.6 Å². The standard InChI is InChI=1S/C16H22BrNO2/c1-3-12(6-7-19)10-18-11(2)16-9-13-8-14(17)4-5-15(13)20-16/h4-5,8-9,11-12,18-19H,3,6-7,10H2,1-2H3. The summed E-state index contributed by atoms with van der Waals surface area (Å²) in [6, 6.07) is 8.30.